The van der Waals surface area contributed by atoms with Gasteiger partial charge in [0.05, 0.1) is 6.61 Å². The standard InChI is InChI=1S/C12H9BrFNO4/c1-18-5-6-2-7(13)3-8(11(6)14)9-4-10(12(16)17)19-15-9/h2-4H,5H2,1H3,(H,16,17). The number of benzene rings is 1. The summed E-state index contributed by atoms with van der Waals surface area (Å²) in [5, 5.41) is 12.3. The topological polar surface area (TPSA) is 72.6 Å². The molecule has 0 atom stereocenters. The van der Waals surface area contributed by atoms with Crippen LogP contribution in [0.5, 0.6) is 0 Å². The molecule has 100 valence electrons. The van der Waals surface area contributed by atoms with E-state index in [-0.39, 0.29) is 23.6 Å². The summed E-state index contributed by atoms with van der Waals surface area (Å²) >= 11 is 3.25. The molecule has 0 saturated heterocycles. The lowest BCUT2D eigenvalue weighted by molar-refractivity contribution is 0.0652. The van der Waals surface area contributed by atoms with Crippen LogP contribution in [0.25, 0.3) is 11.3 Å². The first-order chi connectivity index (χ1) is 9.02. The molecule has 1 N–H and O–H groups in total. The minimum Gasteiger partial charge on any atom is -0.475 e. The summed E-state index contributed by atoms with van der Waals surface area (Å²) in [6.45, 7) is 0.0991. The van der Waals surface area contributed by atoms with E-state index in [2.05, 4.69) is 25.6 Å². The van der Waals surface area contributed by atoms with Crippen LogP contribution in [0.2, 0.25) is 0 Å². The Morgan fingerprint density at radius 1 is 1.53 bits per heavy atom. The van der Waals surface area contributed by atoms with E-state index in [4.69, 9.17) is 9.84 Å². The zero-order chi connectivity index (χ0) is 14.0. The molecule has 2 aromatic rings. The largest absolute Gasteiger partial charge is 0.475 e. The van der Waals surface area contributed by atoms with E-state index in [0.29, 0.717) is 10.0 Å². The van der Waals surface area contributed by atoms with Crippen molar-refractivity contribution >= 4 is 21.9 Å². The molecule has 0 bridgehead atoms. The zero-order valence-electron chi connectivity index (χ0n) is 9.81. The molecular formula is C12H9BrFNO4. The van der Waals surface area contributed by atoms with Crippen molar-refractivity contribution in [2.75, 3.05) is 7.11 Å². The molecule has 0 amide bonds. The normalized spacial score (nSPS) is 10.7. The van der Waals surface area contributed by atoms with Gasteiger partial charge in [0.15, 0.2) is 0 Å². The van der Waals surface area contributed by atoms with Gasteiger partial charge in [-0.2, -0.15) is 0 Å². The molecule has 1 aromatic heterocycles. The molecule has 0 aliphatic rings. The summed E-state index contributed by atoms with van der Waals surface area (Å²) in [4.78, 5) is 10.7. The second-order valence-corrected chi connectivity index (χ2v) is 4.66. The van der Waals surface area contributed by atoms with Crippen LogP contribution in [-0.4, -0.2) is 23.3 Å². The van der Waals surface area contributed by atoms with Gasteiger partial charge in [0.1, 0.15) is 11.5 Å². The Bertz CT molecular complexity index is 626. The van der Waals surface area contributed by atoms with Crippen molar-refractivity contribution in [3.63, 3.8) is 0 Å². The molecule has 0 spiro atoms. The van der Waals surface area contributed by atoms with Crippen LogP contribution in [0.4, 0.5) is 4.39 Å². The Balaban J connectivity index is 2.51. The van der Waals surface area contributed by atoms with Crippen molar-refractivity contribution in [3.05, 3.63) is 39.8 Å². The van der Waals surface area contributed by atoms with Gasteiger partial charge in [-0.3, -0.25) is 0 Å². The Hall–Kier alpha value is -1.73. The third-order valence-electron chi connectivity index (χ3n) is 2.41. The first-order valence-corrected chi connectivity index (χ1v) is 5.99. The SMILES string of the molecule is COCc1cc(Br)cc(-c2cc(C(=O)O)on2)c1F. The lowest BCUT2D eigenvalue weighted by atomic mass is 10.1. The summed E-state index contributed by atoms with van der Waals surface area (Å²) in [6, 6.07) is 4.25. The number of rotatable bonds is 4. The third-order valence-corrected chi connectivity index (χ3v) is 2.87. The number of methoxy groups -OCH3 is 1. The fourth-order valence-electron chi connectivity index (χ4n) is 1.60. The Labute approximate surface area is 116 Å². The molecule has 0 radical (unpaired) electrons. The molecule has 0 aliphatic carbocycles. The van der Waals surface area contributed by atoms with Gasteiger partial charge in [-0.25, -0.2) is 9.18 Å². The van der Waals surface area contributed by atoms with Crippen LogP contribution in [0.1, 0.15) is 16.1 Å². The first kappa shape index (κ1) is 13.7. The van der Waals surface area contributed by atoms with Crippen LogP contribution >= 0.6 is 15.9 Å². The van der Waals surface area contributed by atoms with Gasteiger partial charge in [0.2, 0.25) is 5.76 Å². The fourth-order valence-corrected chi connectivity index (χ4v) is 2.10. The number of ether oxygens (including phenoxy) is 1. The predicted molar refractivity (Wildman–Crippen MR) is 67.3 cm³/mol. The molecule has 0 unspecified atom stereocenters. The van der Waals surface area contributed by atoms with Gasteiger partial charge in [0, 0.05) is 28.8 Å². The molecule has 2 rings (SSSR count). The number of carboxylic acids is 1. The van der Waals surface area contributed by atoms with E-state index in [0.717, 1.165) is 0 Å². The summed E-state index contributed by atoms with van der Waals surface area (Å²) in [7, 11) is 1.46. The Kier molecular flexibility index (Phi) is 3.96. The number of hydrogen-bond acceptors (Lipinski definition) is 4. The Morgan fingerprint density at radius 3 is 2.84 bits per heavy atom. The second kappa shape index (κ2) is 5.50. The number of carboxylic acid groups (broad SMARTS) is 1. The summed E-state index contributed by atoms with van der Waals surface area (Å²) in [5.41, 5.74) is 0.609. The Morgan fingerprint density at radius 2 is 2.26 bits per heavy atom. The monoisotopic (exact) mass is 329 g/mol. The second-order valence-electron chi connectivity index (χ2n) is 3.74. The van der Waals surface area contributed by atoms with Crippen molar-refractivity contribution in [2.24, 2.45) is 0 Å². The van der Waals surface area contributed by atoms with Crippen LogP contribution in [-0.2, 0) is 11.3 Å². The number of nitrogens with zero attached hydrogens (tertiary/aromatic N) is 1. The number of carbonyl (C=O) groups is 1. The van der Waals surface area contributed by atoms with Crippen LogP contribution in [0.3, 0.4) is 0 Å². The van der Waals surface area contributed by atoms with E-state index >= 15 is 0 Å². The number of aromatic nitrogens is 1. The van der Waals surface area contributed by atoms with Crippen molar-refractivity contribution in [2.45, 2.75) is 6.61 Å². The molecule has 0 aliphatic heterocycles. The van der Waals surface area contributed by atoms with E-state index < -0.39 is 11.8 Å². The van der Waals surface area contributed by atoms with Gasteiger partial charge in [-0.05, 0) is 12.1 Å². The van der Waals surface area contributed by atoms with Crippen molar-refractivity contribution in [1.29, 1.82) is 0 Å². The quantitative estimate of drug-likeness (QED) is 0.933. The van der Waals surface area contributed by atoms with Crippen molar-refractivity contribution in [1.82, 2.24) is 5.16 Å². The highest BCUT2D eigenvalue weighted by Crippen LogP contribution is 2.29. The van der Waals surface area contributed by atoms with Crippen LogP contribution < -0.4 is 0 Å². The van der Waals surface area contributed by atoms with E-state index in [9.17, 15) is 9.18 Å². The van der Waals surface area contributed by atoms with E-state index in [1.54, 1.807) is 6.07 Å². The number of hydrogen-bond donors (Lipinski definition) is 1. The highest BCUT2D eigenvalue weighted by molar-refractivity contribution is 9.10. The number of halogens is 2. The average Bonchev–Trinajstić information content (AvgIpc) is 2.83. The maximum absolute atomic E-state index is 14.2. The van der Waals surface area contributed by atoms with E-state index in [1.165, 1.54) is 19.2 Å². The molecule has 0 fully saturated rings. The lowest BCUT2D eigenvalue weighted by Crippen LogP contribution is -1.96. The maximum atomic E-state index is 14.2. The van der Waals surface area contributed by atoms with Gasteiger partial charge >= 0.3 is 5.97 Å². The highest BCUT2D eigenvalue weighted by atomic mass is 79.9. The lowest BCUT2D eigenvalue weighted by Gasteiger charge is -2.06. The summed E-state index contributed by atoms with van der Waals surface area (Å²) in [6.07, 6.45) is 0. The molecule has 1 heterocycles. The summed E-state index contributed by atoms with van der Waals surface area (Å²) in [5.74, 6) is -2.12. The van der Waals surface area contributed by atoms with Crippen molar-refractivity contribution < 1.29 is 23.6 Å². The summed E-state index contributed by atoms with van der Waals surface area (Å²) < 4.78 is 24.4. The fraction of sp³-hybridized carbons (Fsp3) is 0.167. The highest BCUT2D eigenvalue weighted by Gasteiger charge is 2.18. The van der Waals surface area contributed by atoms with Gasteiger partial charge < -0.3 is 14.4 Å². The third kappa shape index (κ3) is 2.82. The molecule has 0 saturated carbocycles. The average molecular weight is 330 g/mol. The molecular weight excluding hydrogens is 321 g/mol. The van der Waals surface area contributed by atoms with Gasteiger partial charge in [-0.15, -0.1) is 0 Å². The smallest absolute Gasteiger partial charge is 0.374 e. The molecule has 5 nitrogen and oxygen atoms in total. The molecule has 1 aromatic carbocycles. The first-order valence-electron chi connectivity index (χ1n) is 5.20. The van der Waals surface area contributed by atoms with Gasteiger partial charge in [0.25, 0.3) is 0 Å². The van der Waals surface area contributed by atoms with Crippen molar-refractivity contribution in [3.8, 4) is 11.3 Å². The predicted octanol–water partition coefficient (Wildman–Crippen LogP) is 3.09. The maximum Gasteiger partial charge on any atom is 0.374 e. The number of aromatic carboxylic acids is 1. The van der Waals surface area contributed by atoms with E-state index in [1.807, 2.05) is 0 Å². The van der Waals surface area contributed by atoms with Gasteiger partial charge in [-0.1, -0.05) is 21.1 Å². The van der Waals surface area contributed by atoms with Crippen LogP contribution in [0, 0.1) is 5.82 Å². The van der Waals surface area contributed by atoms with Crippen LogP contribution in [0.15, 0.2) is 27.2 Å². The minimum absolute atomic E-state index is 0.0991. The molecule has 19 heavy (non-hydrogen) atoms. The zero-order valence-corrected chi connectivity index (χ0v) is 11.4. The molecule has 7 heteroatoms. The minimum atomic E-state index is -1.26.